The summed E-state index contributed by atoms with van der Waals surface area (Å²) in [5.74, 6) is -1.82. The summed E-state index contributed by atoms with van der Waals surface area (Å²) in [6, 6.07) is 7.14. The molecule has 9 nitrogen and oxygen atoms in total. The molecule has 1 unspecified atom stereocenters. The molecule has 29 heavy (non-hydrogen) atoms. The molecule has 1 aromatic heterocycles. The molecule has 0 bridgehead atoms. The number of aromatic nitrogens is 2. The SMILES string of the molecule is Cc1ccc(C(C)NC(=O)c2nc(N3CCCCS3(=O)=O)n(C)c(=O)c2O)cc1. The summed E-state index contributed by atoms with van der Waals surface area (Å²) < 4.78 is 26.8. The second-order valence-corrected chi connectivity index (χ2v) is 9.19. The topological polar surface area (TPSA) is 122 Å². The number of nitrogens with zero attached hydrogens (tertiary/aromatic N) is 3. The monoisotopic (exact) mass is 420 g/mol. The van der Waals surface area contributed by atoms with Crippen LogP contribution in [0, 0.1) is 6.92 Å². The first kappa shape index (κ1) is 20.8. The average molecular weight is 420 g/mol. The minimum atomic E-state index is -3.64. The van der Waals surface area contributed by atoms with Crippen molar-refractivity contribution in [1.29, 1.82) is 0 Å². The Morgan fingerprint density at radius 1 is 1.24 bits per heavy atom. The van der Waals surface area contributed by atoms with E-state index < -0.39 is 39.0 Å². The van der Waals surface area contributed by atoms with Crippen molar-refractivity contribution in [1.82, 2.24) is 14.9 Å². The van der Waals surface area contributed by atoms with Gasteiger partial charge < -0.3 is 10.4 Å². The molecule has 2 N–H and O–H groups in total. The Labute approximate surface area is 169 Å². The zero-order valence-corrected chi connectivity index (χ0v) is 17.4. The van der Waals surface area contributed by atoms with Gasteiger partial charge in [0.25, 0.3) is 11.5 Å². The molecular formula is C19H24N4O5S. The highest BCUT2D eigenvalue weighted by atomic mass is 32.2. The van der Waals surface area contributed by atoms with Gasteiger partial charge in [-0.1, -0.05) is 29.8 Å². The van der Waals surface area contributed by atoms with Gasteiger partial charge in [0.05, 0.1) is 11.8 Å². The van der Waals surface area contributed by atoms with E-state index in [-0.39, 0.29) is 18.2 Å². The number of carbonyl (C=O) groups is 1. The molecule has 0 aliphatic carbocycles. The highest BCUT2D eigenvalue weighted by molar-refractivity contribution is 7.92. The molecule has 1 atom stereocenters. The van der Waals surface area contributed by atoms with Crippen LogP contribution >= 0.6 is 0 Å². The van der Waals surface area contributed by atoms with Gasteiger partial charge in [-0.05, 0) is 32.3 Å². The predicted molar refractivity (Wildman–Crippen MR) is 109 cm³/mol. The minimum Gasteiger partial charge on any atom is -0.501 e. The van der Waals surface area contributed by atoms with E-state index in [0.29, 0.717) is 12.8 Å². The Balaban J connectivity index is 1.96. The van der Waals surface area contributed by atoms with E-state index in [0.717, 1.165) is 20.0 Å². The maximum atomic E-state index is 12.7. The molecule has 1 aromatic carbocycles. The fourth-order valence-electron chi connectivity index (χ4n) is 3.18. The molecule has 0 radical (unpaired) electrons. The van der Waals surface area contributed by atoms with Crippen molar-refractivity contribution in [3.63, 3.8) is 0 Å². The van der Waals surface area contributed by atoms with Crippen LogP contribution < -0.4 is 15.2 Å². The van der Waals surface area contributed by atoms with E-state index in [1.54, 1.807) is 6.92 Å². The second-order valence-electron chi connectivity index (χ2n) is 7.17. The van der Waals surface area contributed by atoms with Gasteiger partial charge in [0.1, 0.15) is 0 Å². The first-order valence-electron chi connectivity index (χ1n) is 9.29. The Morgan fingerprint density at radius 2 is 1.90 bits per heavy atom. The van der Waals surface area contributed by atoms with Gasteiger partial charge in [-0.2, -0.15) is 0 Å². The Hall–Kier alpha value is -2.88. The molecule has 156 valence electrons. The molecule has 2 aromatic rings. The molecule has 2 heterocycles. The smallest absolute Gasteiger partial charge is 0.297 e. The molecule has 1 aliphatic heterocycles. The first-order chi connectivity index (χ1) is 13.6. The van der Waals surface area contributed by atoms with Crippen molar-refractivity contribution in [2.45, 2.75) is 32.7 Å². The Kier molecular flexibility index (Phi) is 5.65. The normalized spacial score (nSPS) is 17.0. The molecular weight excluding hydrogens is 396 g/mol. The van der Waals surface area contributed by atoms with Gasteiger partial charge in [-0.25, -0.2) is 17.7 Å². The number of hydrogen-bond donors (Lipinski definition) is 2. The highest BCUT2D eigenvalue weighted by Crippen LogP contribution is 2.23. The summed E-state index contributed by atoms with van der Waals surface area (Å²) in [4.78, 5) is 29.2. The number of hydrogen-bond acceptors (Lipinski definition) is 6. The van der Waals surface area contributed by atoms with Gasteiger partial charge >= 0.3 is 0 Å². The lowest BCUT2D eigenvalue weighted by atomic mass is 10.1. The fourth-order valence-corrected chi connectivity index (χ4v) is 4.79. The van der Waals surface area contributed by atoms with Gasteiger partial charge in [0.2, 0.25) is 21.7 Å². The third-order valence-corrected chi connectivity index (χ3v) is 6.78. The zero-order chi connectivity index (χ0) is 21.3. The lowest BCUT2D eigenvalue weighted by molar-refractivity contribution is 0.0931. The second kappa shape index (κ2) is 7.86. The number of sulfonamides is 1. The molecule has 10 heteroatoms. The van der Waals surface area contributed by atoms with Gasteiger partial charge in [-0.3, -0.25) is 14.2 Å². The fraction of sp³-hybridized carbons (Fsp3) is 0.421. The molecule has 0 saturated carbocycles. The maximum Gasteiger partial charge on any atom is 0.297 e. The standard InChI is InChI=1S/C19H24N4O5S/c1-12-6-8-14(9-7-12)13(2)20-17(25)15-16(24)18(26)22(3)19(21-15)23-10-4-5-11-29(23,27)28/h6-9,13,24H,4-5,10-11H2,1-3H3,(H,20,25). The number of carbonyl (C=O) groups excluding carboxylic acids is 1. The minimum absolute atomic E-state index is 0.0598. The van der Waals surface area contributed by atoms with Crippen LogP contribution in [-0.4, -0.2) is 41.3 Å². The van der Waals surface area contributed by atoms with Crippen molar-refractivity contribution < 1.29 is 18.3 Å². The third-order valence-electron chi connectivity index (χ3n) is 4.96. The summed E-state index contributed by atoms with van der Waals surface area (Å²) in [5.41, 5.74) is 0.531. The number of benzene rings is 1. The number of nitrogens with one attached hydrogen (secondary N) is 1. The summed E-state index contributed by atoms with van der Waals surface area (Å²) in [6.07, 6.45) is 1.13. The van der Waals surface area contributed by atoms with Crippen LogP contribution in [0.4, 0.5) is 5.95 Å². The van der Waals surface area contributed by atoms with Crippen molar-refractivity contribution in [3.8, 4) is 5.75 Å². The van der Waals surface area contributed by atoms with Crippen molar-refractivity contribution in [2.75, 3.05) is 16.6 Å². The van der Waals surface area contributed by atoms with Gasteiger partial charge in [-0.15, -0.1) is 0 Å². The van der Waals surface area contributed by atoms with Crippen LogP contribution in [0.15, 0.2) is 29.1 Å². The van der Waals surface area contributed by atoms with Crippen LogP contribution in [0.25, 0.3) is 0 Å². The molecule has 0 spiro atoms. The Bertz CT molecular complexity index is 1090. The molecule has 1 saturated heterocycles. The molecule has 3 rings (SSSR count). The summed E-state index contributed by atoms with van der Waals surface area (Å²) in [7, 11) is -2.33. The molecule has 1 fully saturated rings. The number of aryl methyl sites for hydroxylation is 1. The van der Waals surface area contributed by atoms with Crippen LogP contribution in [0.2, 0.25) is 0 Å². The first-order valence-corrected chi connectivity index (χ1v) is 10.9. The number of aromatic hydroxyl groups is 1. The van der Waals surface area contributed by atoms with Crippen LogP contribution in [-0.2, 0) is 17.1 Å². The summed E-state index contributed by atoms with van der Waals surface area (Å²) in [5, 5.41) is 12.9. The lowest BCUT2D eigenvalue weighted by Crippen LogP contribution is -2.42. The highest BCUT2D eigenvalue weighted by Gasteiger charge is 2.31. The lowest BCUT2D eigenvalue weighted by Gasteiger charge is -2.28. The number of anilines is 1. The van der Waals surface area contributed by atoms with E-state index in [4.69, 9.17) is 0 Å². The number of amides is 1. The number of rotatable bonds is 4. The van der Waals surface area contributed by atoms with E-state index in [1.807, 2.05) is 31.2 Å². The zero-order valence-electron chi connectivity index (χ0n) is 16.5. The van der Waals surface area contributed by atoms with E-state index in [9.17, 15) is 23.1 Å². The van der Waals surface area contributed by atoms with Crippen molar-refractivity contribution in [3.05, 3.63) is 51.4 Å². The summed E-state index contributed by atoms with van der Waals surface area (Å²) >= 11 is 0. The molecule has 1 amide bonds. The van der Waals surface area contributed by atoms with Crippen LogP contribution in [0.1, 0.15) is 47.4 Å². The van der Waals surface area contributed by atoms with E-state index in [2.05, 4.69) is 10.3 Å². The molecule has 1 aliphatic rings. The van der Waals surface area contributed by atoms with Crippen LogP contribution in [0.3, 0.4) is 0 Å². The van der Waals surface area contributed by atoms with Gasteiger partial charge in [0, 0.05) is 13.6 Å². The average Bonchev–Trinajstić information content (AvgIpc) is 2.67. The quantitative estimate of drug-likeness (QED) is 0.767. The van der Waals surface area contributed by atoms with Gasteiger partial charge in [0.15, 0.2) is 5.69 Å². The Morgan fingerprint density at radius 3 is 2.52 bits per heavy atom. The van der Waals surface area contributed by atoms with E-state index in [1.165, 1.54) is 7.05 Å². The largest absolute Gasteiger partial charge is 0.501 e. The maximum absolute atomic E-state index is 12.7. The van der Waals surface area contributed by atoms with Crippen molar-refractivity contribution in [2.24, 2.45) is 7.05 Å². The predicted octanol–water partition coefficient (Wildman–Crippen LogP) is 1.22. The van der Waals surface area contributed by atoms with Crippen LogP contribution in [0.5, 0.6) is 5.75 Å². The van der Waals surface area contributed by atoms with E-state index >= 15 is 0 Å². The van der Waals surface area contributed by atoms with Crippen molar-refractivity contribution >= 4 is 21.9 Å². The third kappa shape index (κ3) is 4.12. The summed E-state index contributed by atoms with van der Waals surface area (Å²) in [6.45, 7) is 3.87.